The van der Waals surface area contributed by atoms with Crippen LogP contribution in [0.2, 0.25) is 0 Å². The fraction of sp³-hybridized carbons (Fsp3) is 0.524. The minimum atomic E-state index is -0.764. The molecule has 12 heteroatoms. The number of ether oxygens (including phenoxy) is 3. The number of rotatable bonds is 8. The number of hydrogen-bond acceptors (Lipinski definition) is 11. The summed E-state index contributed by atoms with van der Waals surface area (Å²) in [6.07, 6.45) is 0.126. The Kier molecular flexibility index (Phi) is 6.72. The Labute approximate surface area is 194 Å². The van der Waals surface area contributed by atoms with Crippen LogP contribution in [0, 0.1) is 6.92 Å². The van der Waals surface area contributed by atoms with Crippen LogP contribution in [0.4, 0.5) is 5.82 Å². The fourth-order valence-corrected chi connectivity index (χ4v) is 4.58. The molecule has 176 valence electrons. The van der Waals surface area contributed by atoms with Gasteiger partial charge < -0.3 is 23.7 Å². The minimum Gasteiger partial charge on any atom is -0.462 e. The summed E-state index contributed by atoms with van der Waals surface area (Å²) in [7, 11) is 0. The first-order chi connectivity index (χ1) is 15.8. The van der Waals surface area contributed by atoms with E-state index in [4.69, 9.17) is 19.2 Å². The standard InChI is InChI=1S/C21H26N6O5S/c1-5-16-8-17-19(26-6-7-27-12(2)24-25-18(27)9-26)22-21(23-20(17)33-16)31-11-15(32-14(4)29)10-30-13(3)28/h8,15H,5-7,9-11H2,1-4H3. The third kappa shape index (κ3) is 5.21. The summed E-state index contributed by atoms with van der Waals surface area (Å²) in [5.74, 6) is 1.59. The van der Waals surface area contributed by atoms with Gasteiger partial charge in [-0.05, 0) is 19.4 Å². The molecule has 4 heterocycles. The second-order valence-electron chi connectivity index (χ2n) is 7.70. The van der Waals surface area contributed by atoms with Crippen LogP contribution in [-0.4, -0.2) is 62.5 Å². The van der Waals surface area contributed by atoms with Crippen molar-refractivity contribution in [2.75, 3.05) is 24.7 Å². The lowest BCUT2D eigenvalue weighted by Crippen LogP contribution is -2.35. The summed E-state index contributed by atoms with van der Waals surface area (Å²) >= 11 is 1.59. The van der Waals surface area contributed by atoms with Crippen molar-refractivity contribution in [1.29, 1.82) is 0 Å². The van der Waals surface area contributed by atoms with E-state index in [0.29, 0.717) is 6.54 Å². The van der Waals surface area contributed by atoms with Crippen LogP contribution in [0.1, 0.15) is 37.3 Å². The lowest BCUT2D eigenvalue weighted by Gasteiger charge is -2.29. The molecule has 0 radical (unpaired) electrons. The number of carbonyl (C=O) groups is 2. The maximum atomic E-state index is 11.4. The molecule has 1 unspecified atom stereocenters. The topological polar surface area (TPSA) is 122 Å². The fourth-order valence-electron chi connectivity index (χ4n) is 3.63. The number of fused-ring (bicyclic) bond motifs is 2. The van der Waals surface area contributed by atoms with E-state index in [1.807, 2.05) is 6.92 Å². The highest BCUT2D eigenvalue weighted by molar-refractivity contribution is 7.18. The molecule has 0 saturated heterocycles. The molecule has 0 saturated carbocycles. The highest BCUT2D eigenvalue weighted by Crippen LogP contribution is 2.34. The summed E-state index contributed by atoms with van der Waals surface area (Å²) in [4.78, 5) is 36.0. The molecule has 0 bridgehead atoms. The molecule has 0 amide bonds. The Bertz CT molecular complexity index is 1180. The lowest BCUT2D eigenvalue weighted by atomic mass is 10.2. The molecule has 0 spiro atoms. The van der Waals surface area contributed by atoms with Gasteiger partial charge in [-0.1, -0.05) is 6.92 Å². The van der Waals surface area contributed by atoms with E-state index in [2.05, 4.69) is 37.6 Å². The van der Waals surface area contributed by atoms with Gasteiger partial charge in [0.25, 0.3) is 0 Å². The molecular weight excluding hydrogens is 448 g/mol. The van der Waals surface area contributed by atoms with Crippen LogP contribution in [0.25, 0.3) is 10.2 Å². The van der Waals surface area contributed by atoms with E-state index < -0.39 is 18.0 Å². The van der Waals surface area contributed by atoms with Crippen molar-refractivity contribution in [2.24, 2.45) is 0 Å². The predicted molar refractivity (Wildman–Crippen MR) is 120 cm³/mol. The average Bonchev–Trinajstić information content (AvgIpc) is 3.37. The van der Waals surface area contributed by atoms with Crippen LogP contribution >= 0.6 is 11.3 Å². The van der Waals surface area contributed by atoms with E-state index in [1.54, 1.807) is 11.3 Å². The van der Waals surface area contributed by atoms with Crippen LogP contribution < -0.4 is 9.64 Å². The van der Waals surface area contributed by atoms with E-state index in [9.17, 15) is 9.59 Å². The number of thiophene rings is 1. The van der Waals surface area contributed by atoms with Crippen LogP contribution in [0.15, 0.2) is 6.07 Å². The van der Waals surface area contributed by atoms with Crippen molar-refractivity contribution in [3.05, 3.63) is 22.6 Å². The quantitative estimate of drug-likeness (QED) is 0.448. The summed E-state index contributed by atoms with van der Waals surface area (Å²) < 4.78 is 18.1. The number of esters is 2. The first-order valence-corrected chi connectivity index (χ1v) is 11.5. The molecule has 0 fully saturated rings. The molecular formula is C21H26N6O5S. The van der Waals surface area contributed by atoms with Gasteiger partial charge in [-0.15, -0.1) is 21.5 Å². The monoisotopic (exact) mass is 474 g/mol. The van der Waals surface area contributed by atoms with Gasteiger partial charge in [-0.25, -0.2) is 0 Å². The Balaban J connectivity index is 1.60. The van der Waals surface area contributed by atoms with Crippen LogP contribution in [0.5, 0.6) is 6.01 Å². The van der Waals surface area contributed by atoms with Gasteiger partial charge in [0.1, 0.15) is 29.7 Å². The van der Waals surface area contributed by atoms with Gasteiger partial charge in [0.2, 0.25) is 0 Å². The summed E-state index contributed by atoms with van der Waals surface area (Å²) in [5, 5.41) is 9.43. The SMILES string of the molecule is CCc1cc2c(N3CCn4c(C)nnc4C3)nc(OCC(COC(C)=O)OC(C)=O)nc2s1. The number of aromatic nitrogens is 5. The van der Waals surface area contributed by atoms with Gasteiger partial charge in [0.15, 0.2) is 11.9 Å². The molecule has 0 N–H and O–H groups in total. The van der Waals surface area contributed by atoms with Crippen molar-refractivity contribution in [3.63, 3.8) is 0 Å². The Hall–Kier alpha value is -3.28. The molecule has 1 aliphatic heterocycles. The summed E-state index contributed by atoms with van der Waals surface area (Å²) in [6, 6.07) is 2.29. The number of nitrogens with zero attached hydrogens (tertiary/aromatic N) is 6. The lowest BCUT2D eigenvalue weighted by molar-refractivity contribution is -0.158. The average molecular weight is 475 g/mol. The molecule has 4 rings (SSSR count). The van der Waals surface area contributed by atoms with Crippen molar-refractivity contribution in [1.82, 2.24) is 24.7 Å². The highest BCUT2D eigenvalue weighted by atomic mass is 32.1. The molecule has 3 aromatic rings. The Morgan fingerprint density at radius 1 is 1.15 bits per heavy atom. The van der Waals surface area contributed by atoms with Gasteiger partial charge >= 0.3 is 17.9 Å². The van der Waals surface area contributed by atoms with E-state index in [-0.39, 0.29) is 19.2 Å². The van der Waals surface area contributed by atoms with Crippen molar-refractivity contribution in [3.8, 4) is 6.01 Å². The molecule has 1 aliphatic rings. The normalized spacial score (nSPS) is 14.1. The summed E-state index contributed by atoms with van der Waals surface area (Å²) in [6.45, 7) is 8.56. The maximum absolute atomic E-state index is 11.4. The Morgan fingerprint density at radius 3 is 2.70 bits per heavy atom. The number of carbonyl (C=O) groups excluding carboxylic acids is 2. The van der Waals surface area contributed by atoms with E-state index in [1.165, 1.54) is 18.7 Å². The molecule has 3 aromatic heterocycles. The molecule has 0 aromatic carbocycles. The van der Waals surface area contributed by atoms with Crippen LogP contribution in [-0.2, 0) is 38.6 Å². The number of aryl methyl sites for hydroxylation is 2. The second kappa shape index (κ2) is 9.69. The number of anilines is 1. The predicted octanol–water partition coefficient (Wildman–Crippen LogP) is 2.05. The van der Waals surface area contributed by atoms with Crippen molar-refractivity contribution < 1.29 is 23.8 Å². The largest absolute Gasteiger partial charge is 0.462 e. The third-order valence-electron chi connectivity index (χ3n) is 5.19. The molecule has 1 atom stereocenters. The maximum Gasteiger partial charge on any atom is 0.319 e. The van der Waals surface area contributed by atoms with Gasteiger partial charge in [-0.2, -0.15) is 9.97 Å². The van der Waals surface area contributed by atoms with E-state index in [0.717, 1.165) is 47.2 Å². The zero-order valence-electron chi connectivity index (χ0n) is 19.0. The van der Waals surface area contributed by atoms with Gasteiger partial charge in [-0.3, -0.25) is 9.59 Å². The second-order valence-corrected chi connectivity index (χ2v) is 8.81. The smallest absolute Gasteiger partial charge is 0.319 e. The minimum absolute atomic E-state index is 0.0443. The first-order valence-electron chi connectivity index (χ1n) is 10.7. The molecule has 33 heavy (non-hydrogen) atoms. The molecule has 0 aliphatic carbocycles. The molecule has 11 nitrogen and oxygen atoms in total. The zero-order valence-corrected chi connectivity index (χ0v) is 19.8. The Morgan fingerprint density at radius 2 is 1.97 bits per heavy atom. The number of hydrogen-bond donors (Lipinski definition) is 0. The van der Waals surface area contributed by atoms with Gasteiger partial charge in [0.05, 0.1) is 11.9 Å². The highest BCUT2D eigenvalue weighted by Gasteiger charge is 2.25. The zero-order chi connectivity index (χ0) is 23.5. The summed E-state index contributed by atoms with van der Waals surface area (Å²) in [5.41, 5.74) is 0. The first kappa shape index (κ1) is 22.9. The van der Waals surface area contributed by atoms with Gasteiger partial charge in [0, 0.05) is 31.8 Å². The third-order valence-corrected chi connectivity index (χ3v) is 6.37. The van der Waals surface area contributed by atoms with Crippen molar-refractivity contribution in [2.45, 2.75) is 53.3 Å². The van der Waals surface area contributed by atoms with Crippen molar-refractivity contribution >= 4 is 39.3 Å². The van der Waals surface area contributed by atoms with E-state index >= 15 is 0 Å². The van der Waals surface area contributed by atoms with Crippen LogP contribution in [0.3, 0.4) is 0 Å².